The average molecular weight is 389 g/mol. The second-order valence-corrected chi connectivity index (χ2v) is 6.77. The fourth-order valence-corrected chi connectivity index (χ4v) is 3.15. The summed E-state index contributed by atoms with van der Waals surface area (Å²) in [6.07, 6.45) is 4.68. The molecule has 2 saturated heterocycles. The summed E-state index contributed by atoms with van der Waals surface area (Å²) in [4.78, 5) is 23.1. The van der Waals surface area contributed by atoms with E-state index in [1.807, 2.05) is 24.3 Å². The number of methoxy groups -OCH3 is 1. The minimum atomic E-state index is -0.597. The molecule has 8 nitrogen and oxygen atoms in total. The van der Waals surface area contributed by atoms with Gasteiger partial charge in [0.15, 0.2) is 5.17 Å². The highest BCUT2D eigenvalue weighted by Gasteiger charge is 2.25. The third kappa shape index (κ3) is 5.66. The van der Waals surface area contributed by atoms with Gasteiger partial charge in [-0.25, -0.2) is 4.79 Å². The number of hydrogen-bond acceptors (Lipinski definition) is 8. The van der Waals surface area contributed by atoms with Crippen LogP contribution in [0.5, 0.6) is 5.75 Å². The Labute approximate surface area is 160 Å². The van der Waals surface area contributed by atoms with Gasteiger partial charge in [0.1, 0.15) is 11.9 Å². The van der Waals surface area contributed by atoms with Crippen LogP contribution >= 0.6 is 11.8 Å². The van der Waals surface area contributed by atoms with E-state index >= 15 is 0 Å². The highest BCUT2D eigenvalue weighted by atomic mass is 32.2. The number of carbonyl (C=O) groups excluding carboxylic acids is 2. The van der Waals surface area contributed by atoms with Crippen LogP contribution in [0.15, 0.2) is 45.4 Å². The van der Waals surface area contributed by atoms with Gasteiger partial charge in [-0.3, -0.25) is 10.1 Å². The van der Waals surface area contributed by atoms with Crippen molar-refractivity contribution < 1.29 is 23.8 Å². The van der Waals surface area contributed by atoms with E-state index in [1.165, 1.54) is 7.11 Å². The van der Waals surface area contributed by atoms with E-state index < -0.39 is 11.9 Å². The molecular formula is C18H19N3O5S. The van der Waals surface area contributed by atoms with Crippen LogP contribution in [0.25, 0.3) is 0 Å². The Hall–Kier alpha value is -2.65. The standard InChI is InChI=1S/C18H19N3O5S/c1-24-16(22)10-15-17(23)20-18(27-15)21-19-11-12-2-4-13(5-3-12)26-14-6-8-25-9-7-14/h2-5,10-11,14H,6-9H2,1H3,(H,20,21,23)/b15-10+,19-11?. The van der Waals surface area contributed by atoms with Crippen LogP contribution < -0.4 is 10.1 Å². The Balaban J connectivity index is 1.55. The number of rotatable bonds is 5. The fourth-order valence-electron chi connectivity index (χ4n) is 2.41. The Bertz CT molecular complexity index is 783. The van der Waals surface area contributed by atoms with Gasteiger partial charge < -0.3 is 14.2 Å². The molecule has 1 amide bonds. The molecule has 0 unspecified atom stereocenters. The predicted molar refractivity (Wildman–Crippen MR) is 102 cm³/mol. The molecule has 0 saturated carbocycles. The number of nitrogens with one attached hydrogen (secondary N) is 1. The van der Waals surface area contributed by atoms with Crippen molar-refractivity contribution in [2.45, 2.75) is 18.9 Å². The molecule has 1 aromatic carbocycles. The molecule has 0 bridgehead atoms. The van der Waals surface area contributed by atoms with Gasteiger partial charge in [0.2, 0.25) is 0 Å². The topological polar surface area (TPSA) is 98.6 Å². The van der Waals surface area contributed by atoms with Crippen molar-refractivity contribution in [2.75, 3.05) is 20.3 Å². The molecule has 3 rings (SSSR count). The largest absolute Gasteiger partial charge is 0.490 e. The Morgan fingerprint density at radius 3 is 2.74 bits per heavy atom. The number of ether oxygens (including phenoxy) is 3. The van der Waals surface area contributed by atoms with Crippen LogP contribution in [-0.2, 0) is 19.1 Å². The van der Waals surface area contributed by atoms with Gasteiger partial charge in [-0.05, 0) is 41.6 Å². The summed E-state index contributed by atoms with van der Waals surface area (Å²) < 4.78 is 15.7. The van der Waals surface area contributed by atoms with E-state index in [-0.39, 0.29) is 11.0 Å². The summed E-state index contributed by atoms with van der Waals surface area (Å²) >= 11 is 1.03. The number of esters is 1. The predicted octanol–water partition coefficient (Wildman–Crippen LogP) is 1.85. The van der Waals surface area contributed by atoms with Gasteiger partial charge >= 0.3 is 5.97 Å². The second kappa shape index (κ2) is 9.33. The van der Waals surface area contributed by atoms with E-state index in [1.54, 1.807) is 6.21 Å². The van der Waals surface area contributed by atoms with Gasteiger partial charge in [0.25, 0.3) is 5.91 Å². The number of hydrogen-bond donors (Lipinski definition) is 1. The first-order valence-corrected chi connectivity index (χ1v) is 9.20. The van der Waals surface area contributed by atoms with Crippen LogP contribution in [-0.4, -0.2) is 49.7 Å². The van der Waals surface area contributed by atoms with Crippen LogP contribution in [0, 0.1) is 0 Å². The van der Waals surface area contributed by atoms with Gasteiger partial charge in [-0.1, -0.05) is 0 Å². The van der Waals surface area contributed by atoms with E-state index in [9.17, 15) is 9.59 Å². The van der Waals surface area contributed by atoms with Crippen molar-refractivity contribution in [2.24, 2.45) is 10.2 Å². The fraction of sp³-hybridized carbons (Fsp3) is 0.333. The number of amides is 1. The molecule has 0 radical (unpaired) electrons. The molecule has 1 N–H and O–H groups in total. The molecule has 1 aromatic rings. The zero-order valence-electron chi connectivity index (χ0n) is 14.7. The van der Waals surface area contributed by atoms with Crippen molar-refractivity contribution in [3.63, 3.8) is 0 Å². The van der Waals surface area contributed by atoms with E-state index in [4.69, 9.17) is 9.47 Å². The van der Waals surface area contributed by atoms with E-state index in [0.717, 1.165) is 55.2 Å². The molecule has 2 aliphatic heterocycles. The molecule has 0 atom stereocenters. The number of amidine groups is 1. The maximum absolute atomic E-state index is 11.7. The Morgan fingerprint density at radius 1 is 1.30 bits per heavy atom. The molecule has 142 valence electrons. The third-order valence-corrected chi connectivity index (χ3v) is 4.71. The zero-order valence-corrected chi connectivity index (χ0v) is 15.5. The molecule has 27 heavy (non-hydrogen) atoms. The lowest BCUT2D eigenvalue weighted by Gasteiger charge is -2.23. The first kappa shape index (κ1) is 19.1. The Morgan fingerprint density at radius 2 is 2.04 bits per heavy atom. The summed E-state index contributed by atoms with van der Waals surface area (Å²) in [6.45, 7) is 1.47. The van der Waals surface area contributed by atoms with Crippen LogP contribution in [0.2, 0.25) is 0 Å². The minimum absolute atomic E-state index is 0.194. The zero-order chi connectivity index (χ0) is 19.1. The van der Waals surface area contributed by atoms with Crippen LogP contribution in [0.1, 0.15) is 18.4 Å². The third-order valence-electron chi connectivity index (χ3n) is 3.81. The van der Waals surface area contributed by atoms with Crippen LogP contribution in [0.3, 0.4) is 0 Å². The SMILES string of the molecule is COC(=O)/C=C1/S/C(=N\N=Cc2ccc(OC3CCOCC3)cc2)NC1=O. The van der Waals surface area contributed by atoms with Crippen LogP contribution in [0.4, 0.5) is 0 Å². The summed E-state index contributed by atoms with van der Waals surface area (Å²) in [5.74, 6) is -0.198. The number of nitrogens with zero attached hydrogens (tertiary/aromatic N) is 2. The molecule has 9 heteroatoms. The number of carbonyl (C=O) groups is 2. The molecule has 0 aromatic heterocycles. The lowest BCUT2D eigenvalue weighted by molar-refractivity contribution is -0.135. The molecule has 2 heterocycles. The molecule has 2 fully saturated rings. The van der Waals surface area contributed by atoms with Gasteiger partial charge in [0, 0.05) is 18.9 Å². The van der Waals surface area contributed by atoms with Crippen molar-refractivity contribution in [1.29, 1.82) is 0 Å². The maximum Gasteiger partial charge on any atom is 0.331 e. The highest BCUT2D eigenvalue weighted by Crippen LogP contribution is 2.23. The lowest BCUT2D eigenvalue weighted by atomic mass is 10.1. The smallest absolute Gasteiger partial charge is 0.331 e. The molecular weight excluding hydrogens is 370 g/mol. The highest BCUT2D eigenvalue weighted by molar-refractivity contribution is 8.18. The summed E-state index contributed by atoms with van der Waals surface area (Å²) in [5, 5.41) is 10.7. The van der Waals surface area contributed by atoms with Crippen molar-refractivity contribution in [3.05, 3.63) is 40.8 Å². The van der Waals surface area contributed by atoms with Gasteiger partial charge in [-0.2, -0.15) is 5.10 Å². The van der Waals surface area contributed by atoms with E-state index in [2.05, 4.69) is 20.3 Å². The average Bonchev–Trinajstić information content (AvgIpc) is 3.03. The lowest BCUT2D eigenvalue weighted by Crippen LogP contribution is -2.25. The second-order valence-electron chi connectivity index (χ2n) is 5.74. The minimum Gasteiger partial charge on any atom is -0.490 e. The quantitative estimate of drug-likeness (QED) is 0.357. The van der Waals surface area contributed by atoms with Crippen molar-refractivity contribution >= 4 is 35.0 Å². The molecule has 2 aliphatic rings. The monoisotopic (exact) mass is 389 g/mol. The summed E-state index contributed by atoms with van der Waals surface area (Å²) in [7, 11) is 1.25. The number of thioether (sulfide) groups is 1. The summed E-state index contributed by atoms with van der Waals surface area (Å²) in [6, 6.07) is 7.52. The molecule has 0 aliphatic carbocycles. The number of benzene rings is 1. The van der Waals surface area contributed by atoms with E-state index in [0.29, 0.717) is 5.17 Å². The Kier molecular flexibility index (Phi) is 6.61. The van der Waals surface area contributed by atoms with Crippen molar-refractivity contribution in [1.82, 2.24) is 5.32 Å². The first-order valence-electron chi connectivity index (χ1n) is 8.38. The normalized spacial score (nSPS) is 21.0. The van der Waals surface area contributed by atoms with Gasteiger partial charge in [-0.15, -0.1) is 5.10 Å². The molecule has 0 spiro atoms. The van der Waals surface area contributed by atoms with Gasteiger partial charge in [0.05, 0.1) is 31.4 Å². The maximum atomic E-state index is 11.7. The first-order chi connectivity index (χ1) is 13.1. The van der Waals surface area contributed by atoms with Crippen molar-refractivity contribution in [3.8, 4) is 5.75 Å². The summed E-state index contributed by atoms with van der Waals surface area (Å²) in [5.41, 5.74) is 0.846.